The first kappa shape index (κ1) is 25.7. The van der Waals surface area contributed by atoms with Crippen LogP contribution in [0.2, 0.25) is 0 Å². The number of fused-ring (bicyclic) bond motifs is 2. The molecule has 0 aromatic heterocycles. The zero-order chi connectivity index (χ0) is 25.9. The molecule has 5 rings (SSSR count). The molecule has 37 heavy (non-hydrogen) atoms. The number of amides is 2. The van der Waals surface area contributed by atoms with Crippen molar-refractivity contribution in [1.29, 1.82) is 0 Å². The van der Waals surface area contributed by atoms with Crippen LogP contribution in [0.1, 0.15) is 61.8 Å². The zero-order valence-corrected chi connectivity index (χ0v) is 22.7. The van der Waals surface area contributed by atoms with Crippen molar-refractivity contribution in [3.05, 3.63) is 64.1 Å². The van der Waals surface area contributed by atoms with E-state index in [0.29, 0.717) is 24.5 Å². The fraction of sp³-hybridized carbons (Fsp3) is 0.467. The Morgan fingerprint density at radius 3 is 2.81 bits per heavy atom. The lowest BCUT2D eigenvalue weighted by Crippen LogP contribution is -2.52. The Balaban J connectivity index is 1.26. The number of hydrogen-bond donors (Lipinski definition) is 1. The number of rotatable bonds is 6. The molecule has 0 spiro atoms. The maximum Gasteiger partial charge on any atom is 0.260 e. The monoisotopic (exact) mass is 520 g/mol. The van der Waals surface area contributed by atoms with Gasteiger partial charge in [-0.15, -0.1) is 11.8 Å². The molecule has 1 N–H and O–H groups in total. The minimum atomic E-state index is -0.0629. The van der Waals surface area contributed by atoms with Gasteiger partial charge in [0.15, 0.2) is 11.5 Å². The van der Waals surface area contributed by atoms with Gasteiger partial charge >= 0.3 is 0 Å². The summed E-state index contributed by atoms with van der Waals surface area (Å²) in [6.45, 7) is 2.50. The highest BCUT2D eigenvalue weighted by molar-refractivity contribution is 8.04. The number of ether oxygens (including phenoxy) is 2. The molecule has 196 valence electrons. The molecule has 2 amide bonds. The number of methoxy groups -OCH3 is 1. The molecular weight excluding hydrogens is 484 g/mol. The summed E-state index contributed by atoms with van der Waals surface area (Å²) in [5.41, 5.74) is 3.52. The highest BCUT2D eigenvalue weighted by Gasteiger charge is 2.43. The average Bonchev–Trinajstić information content (AvgIpc) is 2.92. The van der Waals surface area contributed by atoms with E-state index in [-0.39, 0.29) is 35.1 Å². The van der Waals surface area contributed by atoms with Crippen LogP contribution < -0.4 is 14.8 Å². The number of carbonyl (C=O) groups excluding carboxylic acids is 2. The van der Waals surface area contributed by atoms with Crippen LogP contribution in [0.4, 0.5) is 0 Å². The number of thioether (sulfide) groups is 1. The summed E-state index contributed by atoms with van der Waals surface area (Å²) in [4.78, 5) is 29.2. The summed E-state index contributed by atoms with van der Waals surface area (Å²) in [5, 5.41) is 3.64. The molecule has 1 saturated heterocycles. The van der Waals surface area contributed by atoms with Crippen molar-refractivity contribution >= 4 is 29.7 Å². The van der Waals surface area contributed by atoms with Gasteiger partial charge in [-0.3, -0.25) is 9.59 Å². The molecular formula is C30H36N2O4S. The summed E-state index contributed by atoms with van der Waals surface area (Å²) >= 11 is 1.66. The van der Waals surface area contributed by atoms with Gasteiger partial charge in [-0.25, -0.2) is 0 Å². The maximum atomic E-state index is 13.3. The first-order valence-corrected chi connectivity index (χ1v) is 14.2. The predicted octanol–water partition coefficient (Wildman–Crippen LogP) is 5.37. The zero-order valence-electron chi connectivity index (χ0n) is 21.9. The van der Waals surface area contributed by atoms with E-state index in [9.17, 15) is 9.59 Å². The second kappa shape index (κ2) is 11.2. The Morgan fingerprint density at radius 2 is 2.00 bits per heavy atom. The van der Waals surface area contributed by atoms with Crippen molar-refractivity contribution in [2.75, 3.05) is 20.8 Å². The van der Waals surface area contributed by atoms with Crippen molar-refractivity contribution in [1.82, 2.24) is 10.2 Å². The van der Waals surface area contributed by atoms with Crippen LogP contribution in [0.25, 0.3) is 6.08 Å². The fourth-order valence-corrected chi connectivity index (χ4v) is 7.41. The minimum absolute atomic E-state index is 0.0152. The van der Waals surface area contributed by atoms with Crippen molar-refractivity contribution in [3.8, 4) is 11.5 Å². The topological polar surface area (TPSA) is 67.9 Å². The normalized spacial score (nSPS) is 26.3. The Labute approximate surface area is 223 Å². The molecule has 2 aromatic carbocycles. The Bertz CT molecular complexity index is 1200. The lowest BCUT2D eigenvalue weighted by atomic mass is 9.82. The summed E-state index contributed by atoms with van der Waals surface area (Å²) in [6, 6.07) is 14.3. The van der Waals surface area contributed by atoms with Crippen molar-refractivity contribution in [3.63, 3.8) is 0 Å². The largest absolute Gasteiger partial charge is 0.493 e. The summed E-state index contributed by atoms with van der Waals surface area (Å²) < 4.78 is 11.1. The van der Waals surface area contributed by atoms with E-state index in [1.807, 2.05) is 43.1 Å². The predicted molar refractivity (Wildman–Crippen MR) is 148 cm³/mol. The van der Waals surface area contributed by atoms with Crippen LogP contribution in [-0.4, -0.2) is 48.8 Å². The molecule has 1 aliphatic heterocycles. The molecule has 1 saturated carbocycles. The average molecular weight is 521 g/mol. The smallest absolute Gasteiger partial charge is 0.260 e. The van der Waals surface area contributed by atoms with E-state index < -0.39 is 0 Å². The number of carbonyl (C=O) groups is 2. The first-order valence-electron chi connectivity index (χ1n) is 13.3. The van der Waals surface area contributed by atoms with Gasteiger partial charge in [-0.05, 0) is 80.3 Å². The second-order valence-corrected chi connectivity index (χ2v) is 11.4. The molecule has 3 aliphatic rings. The Kier molecular flexibility index (Phi) is 7.79. The van der Waals surface area contributed by atoms with E-state index in [0.717, 1.165) is 42.6 Å². The molecule has 1 heterocycles. The van der Waals surface area contributed by atoms with Crippen molar-refractivity contribution in [2.24, 2.45) is 5.92 Å². The number of nitrogens with zero attached hydrogens (tertiary/aromatic N) is 1. The number of nitrogens with one attached hydrogen (secondary N) is 1. The SMILES string of the molecule is CCOc1ccc(/C=C2/SC3CCC(C(=O)NC4CCCc5ccccc54)CC3N(C)C2=O)cc1OC. The third-order valence-corrected chi connectivity index (χ3v) is 9.30. The number of likely N-dealkylation sites (N-methyl/N-ethyl adjacent to an activating group) is 1. The van der Waals surface area contributed by atoms with Gasteiger partial charge in [0.2, 0.25) is 5.91 Å². The molecule has 0 bridgehead atoms. The standard InChI is InChI=1S/C30H36N2O4S/c1-4-36-25-14-12-19(16-26(25)35-3)17-28-30(34)32(2)24-18-21(13-15-27(24)37-28)29(33)31-23-11-7-9-20-8-5-6-10-22(20)23/h5-6,8,10,12,14,16-17,21,23-24,27H,4,7,9,11,13,15,18H2,1-3H3,(H,31,33)/b28-17+. The molecule has 4 atom stereocenters. The molecule has 4 unspecified atom stereocenters. The van der Waals surface area contributed by atoms with Gasteiger partial charge in [0, 0.05) is 24.3 Å². The Hall–Kier alpha value is -2.93. The van der Waals surface area contributed by atoms with E-state index in [4.69, 9.17) is 9.47 Å². The van der Waals surface area contributed by atoms with Gasteiger partial charge in [0.25, 0.3) is 5.91 Å². The number of benzene rings is 2. The van der Waals surface area contributed by atoms with Crippen LogP contribution >= 0.6 is 11.8 Å². The summed E-state index contributed by atoms with van der Waals surface area (Å²) in [6.07, 6.45) is 7.58. The van der Waals surface area contributed by atoms with E-state index in [2.05, 4.69) is 29.6 Å². The quantitative estimate of drug-likeness (QED) is 0.519. The second-order valence-electron chi connectivity index (χ2n) is 10.2. The number of hydrogen-bond acceptors (Lipinski definition) is 5. The van der Waals surface area contributed by atoms with Crippen LogP contribution in [-0.2, 0) is 16.0 Å². The third-order valence-electron chi connectivity index (χ3n) is 7.90. The van der Waals surface area contributed by atoms with E-state index in [1.54, 1.807) is 18.9 Å². The van der Waals surface area contributed by atoms with Gasteiger partial charge in [-0.1, -0.05) is 30.3 Å². The van der Waals surface area contributed by atoms with Gasteiger partial charge in [0.1, 0.15) is 0 Å². The molecule has 2 aromatic rings. The van der Waals surface area contributed by atoms with Crippen molar-refractivity contribution < 1.29 is 19.1 Å². The van der Waals surface area contributed by atoms with E-state index >= 15 is 0 Å². The lowest BCUT2D eigenvalue weighted by Gasteiger charge is -2.44. The Morgan fingerprint density at radius 1 is 1.16 bits per heavy atom. The van der Waals surface area contributed by atoms with Gasteiger partial charge in [0.05, 0.1) is 24.7 Å². The summed E-state index contributed by atoms with van der Waals surface area (Å²) in [5.74, 6) is 1.44. The van der Waals surface area contributed by atoms with Gasteiger partial charge in [-0.2, -0.15) is 0 Å². The van der Waals surface area contributed by atoms with Crippen LogP contribution in [0.3, 0.4) is 0 Å². The third kappa shape index (κ3) is 5.37. The molecule has 6 nitrogen and oxygen atoms in total. The summed E-state index contributed by atoms with van der Waals surface area (Å²) in [7, 11) is 3.50. The molecule has 2 fully saturated rings. The number of aryl methyl sites for hydroxylation is 1. The minimum Gasteiger partial charge on any atom is -0.493 e. The van der Waals surface area contributed by atoms with Crippen LogP contribution in [0.15, 0.2) is 47.4 Å². The molecule has 0 radical (unpaired) electrons. The fourth-order valence-electron chi connectivity index (χ4n) is 5.93. The van der Waals surface area contributed by atoms with Crippen LogP contribution in [0, 0.1) is 5.92 Å². The lowest BCUT2D eigenvalue weighted by molar-refractivity contribution is -0.132. The maximum absolute atomic E-state index is 13.3. The highest BCUT2D eigenvalue weighted by Crippen LogP contribution is 2.44. The first-order chi connectivity index (χ1) is 18.0. The van der Waals surface area contributed by atoms with Gasteiger partial charge < -0.3 is 19.7 Å². The van der Waals surface area contributed by atoms with Crippen molar-refractivity contribution in [2.45, 2.75) is 62.8 Å². The van der Waals surface area contributed by atoms with E-state index in [1.165, 1.54) is 11.1 Å². The molecule has 2 aliphatic carbocycles. The molecule has 7 heteroatoms. The highest BCUT2D eigenvalue weighted by atomic mass is 32.2. The van der Waals surface area contributed by atoms with Crippen LogP contribution in [0.5, 0.6) is 11.5 Å².